The summed E-state index contributed by atoms with van der Waals surface area (Å²) >= 11 is 0. The number of unbranched alkanes of at least 4 members (excludes halogenated alkanes) is 5. The van der Waals surface area contributed by atoms with E-state index in [0.717, 1.165) is 36.2 Å². The zero-order chi connectivity index (χ0) is 23.9. The van der Waals surface area contributed by atoms with Crippen LogP contribution in [0.1, 0.15) is 127 Å². The summed E-state index contributed by atoms with van der Waals surface area (Å²) < 4.78 is 54.3. The lowest BCUT2D eigenvalue weighted by Gasteiger charge is -2.38. The summed E-state index contributed by atoms with van der Waals surface area (Å²) in [6.07, 6.45) is 19.9. The second-order valence-corrected chi connectivity index (χ2v) is 11.0. The van der Waals surface area contributed by atoms with Crippen LogP contribution in [0.15, 0.2) is 24.3 Å². The van der Waals surface area contributed by atoms with Crippen molar-refractivity contribution < 1.29 is 17.6 Å². The average Bonchev–Trinajstić information content (AvgIpc) is 2.81. The largest absolute Gasteiger partial charge is 0.335 e. The molecular formula is C29H44F4. The van der Waals surface area contributed by atoms with Crippen molar-refractivity contribution in [3.8, 4) is 0 Å². The third-order valence-corrected chi connectivity index (χ3v) is 8.59. The molecular weight excluding hydrogens is 424 g/mol. The molecule has 0 spiro atoms. The first-order valence-corrected chi connectivity index (χ1v) is 13.6. The zero-order valence-electron chi connectivity index (χ0n) is 20.7. The second kappa shape index (κ2) is 12.1. The molecule has 0 N–H and O–H groups in total. The van der Waals surface area contributed by atoms with Crippen LogP contribution in [0.5, 0.6) is 0 Å². The molecule has 3 rings (SSSR count). The number of halogens is 4. The highest BCUT2D eigenvalue weighted by atomic mass is 19.3. The van der Waals surface area contributed by atoms with E-state index in [1.54, 1.807) is 12.1 Å². The van der Waals surface area contributed by atoms with Crippen molar-refractivity contribution in [2.75, 3.05) is 0 Å². The standard InChI is InChI=1S/C29H44F4/c1-3-4-5-6-7-8-9-22-10-12-23(13-11-22)24-14-16-25(17-15-24)26-18-20-27(21-19-26)29(32,33)28(2,30)31/h18-25H,3-17H2,1-2H3. The summed E-state index contributed by atoms with van der Waals surface area (Å²) in [5.41, 5.74) is 0.431. The molecule has 0 aliphatic heterocycles. The molecule has 2 aliphatic rings. The summed E-state index contributed by atoms with van der Waals surface area (Å²) in [7, 11) is 0. The Balaban J connectivity index is 1.38. The highest BCUT2D eigenvalue weighted by molar-refractivity contribution is 5.29. The Morgan fingerprint density at radius 2 is 1.21 bits per heavy atom. The third-order valence-electron chi connectivity index (χ3n) is 8.59. The van der Waals surface area contributed by atoms with Crippen molar-refractivity contribution in [3.63, 3.8) is 0 Å². The Kier molecular flexibility index (Phi) is 9.71. The Morgan fingerprint density at radius 1 is 0.697 bits per heavy atom. The lowest BCUT2D eigenvalue weighted by molar-refractivity contribution is -0.204. The molecule has 0 radical (unpaired) electrons. The van der Waals surface area contributed by atoms with Crippen LogP contribution in [0, 0.1) is 17.8 Å². The molecule has 0 amide bonds. The van der Waals surface area contributed by atoms with E-state index in [-0.39, 0.29) is 6.92 Å². The fourth-order valence-corrected chi connectivity index (χ4v) is 6.30. The summed E-state index contributed by atoms with van der Waals surface area (Å²) in [6, 6.07) is 5.69. The van der Waals surface area contributed by atoms with E-state index in [0.29, 0.717) is 5.92 Å². The Morgan fingerprint density at radius 3 is 1.76 bits per heavy atom. The van der Waals surface area contributed by atoms with Gasteiger partial charge in [0.05, 0.1) is 0 Å². The first kappa shape index (κ1) is 26.5. The van der Waals surface area contributed by atoms with Gasteiger partial charge >= 0.3 is 11.8 Å². The van der Waals surface area contributed by atoms with Gasteiger partial charge in [-0.05, 0) is 67.8 Å². The normalized spacial score (nSPS) is 27.0. The average molecular weight is 469 g/mol. The van der Waals surface area contributed by atoms with Crippen LogP contribution < -0.4 is 0 Å². The Labute approximate surface area is 198 Å². The number of rotatable bonds is 11. The van der Waals surface area contributed by atoms with Gasteiger partial charge in [0.25, 0.3) is 0 Å². The van der Waals surface area contributed by atoms with E-state index in [1.807, 2.05) is 0 Å². The predicted octanol–water partition coefficient (Wildman–Crippen LogP) is 10.3. The predicted molar refractivity (Wildman–Crippen MR) is 129 cm³/mol. The first-order chi connectivity index (χ1) is 15.7. The highest BCUT2D eigenvalue weighted by Crippen LogP contribution is 2.46. The molecule has 1 aromatic carbocycles. The molecule has 0 nitrogen and oxygen atoms in total. The summed E-state index contributed by atoms with van der Waals surface area (Å²) in [5, 5.41) is 0. The smallest absolute Gasteiger partial charge is 0.200 e. The monoisotopic (exact) mass is 468 g/mol. The van der Waals surface area contributed by atoms with E-state index in [4.69, 9.17) is 0 Å². The molecule has 2 saturated carbocycles. The molecule has 33 heavy (non-hydrogen) atoms. The van der Waals surface area contributed by atoms with Crippen molar-refractivity contribution in [1.82, 2.24) is 0 Å². The van der Waals surface area contributed by atoms with Crippen LogP contribution in [0.4, 0.5) is 17.6 Å². The minimum absolute atomic E-state index is 0.282. The SMILES string of the molecule is CCCCCCCCC1CCC(C2CCC(c3ccc(C(F)(F)C(C)(F)F)cc3)CC2)CC1. The zero-order valence-corrected chi connectivity index (χ0v) is 20.7. The molecule has 0 heterocycles. The van der Waals surface area contributed by atoms with Gasteiger partial charge in [0.2, 0.25) is 0 Å². The van der Waals surface area contributed by atoms with Gasteiger partial charge in [-0.1, -0.05) is 89.0 Å². The first-order valence-electron chi connectivity index (χ1n) is 13.6. The van der Waals surface area contributed by atoms with Crippen molar-refractivity contribution in [2.45, 2.75) is 128 Å². The van der Waals surface area contributed by atoms with Crippen LogP contribution in [0.2, 0.25) is 0 Å². The maximum absolute atomic E-state index is 13.9. The molecule has 2 aliphatic carbocycles. The molecule has 0 saturated heterocycles. The summed E-state index contributed by atoms with van der Waals surface area (Å²) in [4.78, 5) is 0. The molecule has 4 heteroatoms. The van der Waals surface area contributed by atoms with Gasteiger partial charge in [-0.15, -0.1) is 0 Å². The van der Waals surface area contributed by atoms with Crippen LogP contribution in [0.3, 0.4) is 0 Å². The fraction of sp³-hybridized carbons (Fsp3) is 0.793. The van der Waals surface area contributed by atoms with Gasteiger partial charge in [0.1, 0.15) is 0 Å². The lowest BCUT2D eigenvalue weighted by atomic mass is 9.68. The van der Waals surface area contributed by atoms with Gasteiger partial charge in [-0.3, -0.25) is 0 Å². The van der Waals surface area contributed by atoms with Crippen molar-refractivity contribution >= 4 is 0 Å². The van der Waals surface area contributed by atoms with Crippen LogP contribution in [-0.2, 0) is 5.92 Å². The number of benzene rings is 1. The topological polar surface area (TPSA) is 0 Å². The Bertz CT molecular complexity index is 675. The van der Waals surface area contributed by atoms with Gasteiger partial charge in [0, 0.05) is 12.5 Å². The molecule has 0 bridgehead atoms. The summed E-state index contributed by atoms with van der Waals surface area (Å²) in [5.74, 6) is -5.21. The van der Waals surface area contributed by atoms with Crippen LogP contribution in [0.25, 0.3) is 0 Å². The maximum atomic E-state index is 13.9. The van der Waals surface area contributed by atoms with Crippen molar-refractivity contribution in [3.05, 3.63) is 35.4 Å². The van der Waals surface area contributed by atoms with E-state index < -0.39 is 17.4 Å². The highest BCUT2D eigenvalue weighted by Gasteiger charge is 2.53. The van der Waals surface area contributed by atoms with E-state index in [9.17, 15) is 17.6 Å². The third kappa shape index (κ3) is 7.21. The quantitative estimate of drug-likeness (QED) is 0.224. The molecule has 0 atom stereocenters. The molecule has 0 unspecified atom stereocenters. The Hall–Kier alpha value is -1.06. The molecule has 0 aromatic heterocycles. The number of hydrogen-bond acceptors (Lipinski definition) is 0. The fourth-order valence-electron chi connectivity index (χ4n) is 6.30. The van der Waals surface area contributed by atoms with Crippen molar-refractivity contribution in [1.29, 1.82) is 0 Å². The van der Waals surface area contributed by atoms with E-state index in [1.165, 1.54) is 95.6 Å². The molecule has 2 fully saturated rings. The summed E-state index contributed by atoms with van der Waals surface area (Å²) in [6.45, 7) is 2.55. The molecule has 1 aromatic rings. The van der Waals surface area contributed by atoms with Gasteiger partial charge < -0.3 is 0 Å². The van der Waals surface area contributed by atoms with E-state index in [2.05, 4.69) is 6.92 Å². The lowest BCUT2D eigenvalue weighted by Crippen LogP contribution is -2.34. The molecule has 188 valence electrons. The minimum Gasteiger partial charge on any atom is -0.200 e. The van der Waals surface area contributed by atoms with E-state index >= 15 is 0 Å². The van der Waals surface area contributed by atoms with Crippen molar-refractivity contribution in [2.24, 2.45) is 17.8 Å². The van der Waals surface area contributed by atoms with Gasteiger partial charge in [-0.25, -0.2) is 0 Å². The maximum Gasteiger partial charge on any atom is 0.335 e. The van der Waals surface area contributed by atoms with Gasteiger partial charge in [0.15, 0.2) is 0 Å². The number of hydrogen-bond donors (Lipinski definition) is 0. The van der Waals surface area contributed by atoms with Crippen LogP contribution in [-0.4, -0.2) is 5.92 Å². The van der Waals surface area contributed by atoms with Crippen LogP contribution >= 0.6 is 0 Å². The van der Waals surface area contributed by atoms with Gasteiger partial charge in [-0.2, -0.15) is 17.6 Å². The number of alkyl halides is 4. The minimum atomic E-state index is -4.13. The second-order valence-electron chi connectivity index (χ2n) is 11.0.